The van der Waals surface area contributed by atoms with Gasteiger partial charge in [0.15, 0.2) is 15.8 Å². The molecule has 0 fully saturated rings. The molecule has 0 spiro atoms. The smallest absolute Gasteiger partial charge is 0.191 e. The molecule has 136 valence electrons. The molecule has 0 bridgehead atoms. The van der Waals surface area contributed by atoms with E-state index in [9.17, 15) is 12.8 Å². The molecule has 5 nitrogen and oxygen atoms in total. The van der Waals surface area contributed by atoms with Crippen molar-refractivity contribution in [3.8, 4) is 0 Å². The Balaban J connectivity index is 1.95. The molecule has 0 unspecified atom stereocenters. The van der Waals surface area contributed by atoms with Gasteiger partial charge in [-0.1, -0.05) is 6.07 Å². The van der Waals surface area contributed by atoms with Crippen molar-refractivity contribution in [1.29, 1.82) is 0 Å². The van der Waals surface area contributed by atoms with E-state index in [1.807, 2.05) is 5.38 Å². The Morgan fingerprint density at radius 1 is 1.24 bits per heavy atom. The molecule has 2 N–H and O–H groups in total. The number of nitrogens with zero attached hydrogens (tertiary/aromatic N) is 1. The second kappa shape index (κ2) is 8.96. The normalized spacial score (nSPS) is 12.2. The minimum absolute atomic E-state index is 0.117. The van der Waals surface area contributed by atoms with Crippen molar-refractivity contribution < 1.29 is 12.8 Å². The summed E-state index contributed by atoms with van der Waals surface area (Å²) < 4.78 is 36.6. The average Bonchev–Trinajstić information content (AvgIpc) is 3.05. The Kier molecular flexibility index (Phi) is 6.95. The van der Waals surface area contributed by atoms with Gasteiger partial charge in [-0.2, -0.15) is 11.3 Å². The molecule has 8 heteroatoms. The van der Waals surface area contributed by atoms with Gasteiger partial charge >= 0.3 is 0 Å². The van der Waals surface area contributed by atoms with E-state index in [1.165, 1.54) is 30.0 Å². The second-order valence-electron chi connectivity index (χ2n) is 5.72. The van der Waals surface area contributed by atoms with Crippen molar-refractivity contribution in [2.24, 2.45) is 4.99 Å². The zero-order valence-corrected chi connectivity index (χ0v) is 15.9. The van der Waals surface area contributed by atoms with Crippen LogP contribution in [0.4, 0.5) is 4.39 Å². The molecule has 0 radical (unpaired) electrons. The molecule has 0 saturated carbocycles. The molecule has 0 aliphatic rings. The van der Waals surface area contributed by atoms with Gasteiger partial charge in [0, 0.05) is 26.4 Å². The number of nitrogens with one attached hydrogen (secondary N) is 2. The van der Waals surface area contributed by atoms with Gasteiger partial charge in [0.1, 0.15) is 5.82 Å². The van der Waals surface area contributed by atoms with E-state index in [1.54, 1.807) is 18.4 Å². The molecular weight excluding hydrogens is 361 g/mol. The number of rotatable bonds is 7. The lowest BCUT2D eigenvalue weighted by atomic mass is 10.1. The largest absolute Gasteiger partial charge is 0.356 e. The number of sulfone groups is 1. The van der Waals surface area contributed by atoms with E-state index >= 15 is 0 Å². The maximum absolute atomic E-state index is 13.5. The van der Waals surface area contributed by atoms with Crippen LogP contribution in [0.25, 0.3) is 0 Å². The highest BCUT2D eigenvalue weighted by Gasteiger charge is 2.11. The van der Waals surface area contributed by atoms with Gasteiger partial charge < -0.3 is 10.6 Å². The van der Waals surface area contributed by atoms with Gasteiger partial charge in [0.05, 0.1) is 5.75 Å². The standard InChI is InChI=1S/C17H22FN3O2S2/c1-19-17(20-7-5-13-6-8-24-11-13)21-10-15-9-16(18)4-3-14(15)12-25(2,22)23/h3-4,6,8-9,11H,5,7,10,12H2,1-2H3,(H2,19,20,21). The van der Waals surface area contributed by atoms with Crippen LogP contribution in [0.3, 0.4) is 0 Å². The average molecular weight is 384 g/mol. The Morgan fingerprint density at radius 2 is 2.04 bits per heavy atom. The summed E-state index contributed by atoms with van der Waals surface area (Å²) in [6, 6.07) is 6.22. The summed E-state index contributed by atoms with van der Waals surface area (Å²) >= 11 is 1.66. The summed E-state index contributed by atoms with van der Waals surface area (Å²) in [4.78, 5) is 4.13. The van der Waals surface area contributed by atoms with Crippen LogP contribution in [-0.4, -0.2) is 34.2 Å². The molecule has 0 atom stereocenters. The van der Waals surface area contributed by atoms with Crippen LogP contribution < -0.4 is 10.6 Å². The van der Waals surface area contributed by atoms with Crippen LogP contribution in [0.15, 0.2) is 40.0 Å². The topological polar surface area (TPSA) is 70.6 Å². The first-order valence-corrected chi connectivity index (χ1v) is 10.8. The van der Waals surface area contributed by atoms with Gasteiger partial charge in [-0.15, -0.1) is 0 Å². The monoisotopic (exact) mass is 383 g/mol. The second-order valence-corrected chi connectivity index (χ2v) is 8.64. The van der Waals surface area contributed by atoms with Crippen LogP contribution in [0.1, 0.15) is 16.7 Å². The molecule has 0 aliphatic carbocycles. The molecule has 1 heterocycles. The molecule has 2 aromatic rings. The number of guanidine groups is 1. The Bertz CT molecular complexity index is 818. The van der Waals surface area contributed by atoms with Gasteiger partial charge in [-0.05, 0) is 52.1 Å². The van der Waals surface area contributed by atoms with Gasteiger partial charge in [-0.25, -0.2) is 12.8 Å². The minimum atomic E-state index is -3.19. The van der Waals surface area contributed by atoms with Crippen molar-refractivity contribution in [3.05, 3.63) is 57.5 Å². The third kappa shape index (κ3) is 6.83. The zero-order valence-electron chi connectivity index (χ0n) is 14.3. The summed E-state index contributed by atoms with van der Waals surface area (Å²) in [5, 5.41) is 10.4. The third-order valence-corrected chi connectivity index (χ3v) is 5.11. The molecule has 0 aliphatic heterocycles. The molecule has 1 aromatic carbocycles. The van der Waals surface area contributed by atoms with Crippen molar-refractivity contribution >= 4 is 27.1 Å². The first kappa shape index (κ1) is 19.4. The van der Waals surface area contributed by atoms with Crippen molar-refractivity contribution in [1.82, 2.24) is 10.6 Å². The number of halogens is 1. The quantitative estimate of drug-likeness (QED) is 0.569. The van der Waals surface area contributed by atoms with E-state index < -0.39 is 15.7 Å². The van der Waals surface area contributed by atoms with Gasteiger partial charge in [0.2, 0.25) is 0 Å². The molecule has 1 aromatic heterocycles. The molecule has 0 amide bonds. The fourth-order valence-electron chi connectivity index (χ4n) is 2.34. The molecule has 0 saturated heterocycles. The highest BCUT2D eigenvalue weighted by atomic mass is 32.2. The lowest BCUT2D eigenvalue weighted by Gasteiger charge is -2.14. The predicted molar refractivity (Wildman–Crippen MR) is 101 cm³/mol. The minimum Gasteiger partial charge on any atom is -0.356 e. The first-order valence-electron chi connectivity index (χ1n) is 7.78. The summed E-state index contributed by atoms with van der Waals surface area (Å²) in [5.74, 6) is 0.0772. The van der Waals surface area contributed by atoms with E-state index in [0.29, 0.717) is 23.6 Å². The number of benzene rings is 1. The van der Waals surface area contributed by atoms with Crippen LogP contribution in [0.2, 0.25) is 0 Å². The Labute approximate surface area is 151 Å². The zero-order chi connectivity index (χ0) is 18.3. The predicted octanol–water partition coefficient (Wildman–Crippen LogP) is 2.34. The fraction of sp³-hybridized carbons (Fsp3) is 0.353. The number of thiophene rings is 1. The lowest BCUT2D eigenvalue weighted by molar-refractivity contribution is 0.599. The highest BCUT2D eigenvalue weighted by Crippen LogP contribution is 2.14. The number of aliphatic imine (C=N–C) groups is 1. The third-order valence-electron chi connectivity index (χ3n) is 3.54. The summed E-state index contributed by atoms with van der Waals surface area (Å²) in [6.45, 7) is 1.01. The maximum atomic E-state index is 13.5. The fourth-order valence-corrected chi connectivity index (χ4v) is 3.89. The van der Waals surface area contributed by atoms with E-state index in [0.717, 1.165) is 13.0 Å². The lowest BCUT2D eigenvalue weighted by Crippen LogP contribution is -2.38. The van der Waals surface area contributed by atoms with Crippen LogP contribution >= 0.6 is 11.3 Å². The Hall–Kier alpha value is -1.93. The maximum Gasteiger partial charge on any atom is 0.191 e. The van der Waals surface area contributed by atoms with Crippen LogP contribution in [-0.2, 0) is 28.6 Å². The summed E-state index contributed by atoms with van der Waals surface area (Å²) in [6.07, 6.45) is 2.04. The highest BCUT2D eigenvalue weighted by molar-refractivity contribution is 7.89. The number of hydrogen-bond donors (Lipinski definition) is 2. The molecular formula is C17H22FN3O2S2. The first-order chi connectivity index (χ1) is 11.9. The van der Waals surface area contributed by atoms with E-state index in [4.69, 9.17) is 0 Å². The van der Waals surface area contributed by atoms with Crippen LogP contribution in [0.5, 0.6) is 0 Å². The summed E-state index contributed by atoms with van der Waals surface area (Å²) in [7, 11) is -1.54. The molecule has 25 heavy (non-hydrogen) atoms. The van der Waals surface area contributed by atoms with E-state index in [-0.39, 0.29) is 5.75 Å². The molecule has 2 rings (SSSR count). The van der Waals surface area contributed by atoms with Crippen LogP contribution in [0, 0.1) is 5.82 Å². The van der Waals surface area contributed by atoms with Crippen molar-refractivity contribution in [2.75, 3.05) is 19.8 Å². The van der Waals surface area contributed by atoms with Crippen molar-refractivity contribution in [2.45, 2.75) is 18.7 Å². The number of hydrogen-bond acceptors (Lipinski definition) is 4. The van der Waals surface area contributed by atoms with Gasteiger partial charge in [-0.3, -0.25) is 4.99 Å². The Morgan fingerprint density at radius 3 is 2.68 bits per heavy atom. The summed E-state index contributed by atoms with van der Waals surface area (Å²) in [5.41, 5.74) is 2.45. The SMILES string of the molecule is CN=C(NCCc1ccsc1)NCc1cc(F)ccc1CS(C)(=O)=O. The van der Waals surface area contributed by atoms with Gasteiger partial charge in [0.25, 0.3) is 0 Å². The van der Waals surface area contributed by atoms with E-state index in [2.05, 4.69) is 27.1 Å². The van der Waals surface area contributed by atoms with Crippen molar-refractivity contribution in [3.63, 3.8) is 0 Å².